The summed E-state index contributed by atoms with van der Waals surface area (Å²) in [6.45, 7) is 0. The van der Waals surface area contributed by atoms with Crippen molar-refractivity contribution in [3.05, 3.63) is 29.3 Å². The minimum atomic E-state index is -1.85. The summed E-state index contributed by atoms with van der Waals surface area (Å²) in [6, 6.07) is 7.20. The van der Waals surface area contributed by atoms with E-state index in [0.29, 0.717) is 5.52 Å². The van der Waals surface area contributed by atoms with Gasteiger partial charge in [-0.2, -0.15) is 0 Å². The Hall–Kier alpha value is -1.50. The Kier molecular flexibility index (Phi) is 2.86. The van der Waals surface area contributed by atoms with Gasteiger partial charge in [0.1, 0.15) is 11.1 Å². The SMILES string of the molecule is O=C(O)[C@@H](O)[C@@H](O)c1nc2ccccc2s1. The molecular weight excluding hydrogens is 230 g/mol. The van der Waals surface area contributed by atoms with Crippen LogP contribution in [-0.2, 0) is 4.79 Å². The van der Waals surface area contributed by atoms with E-state index in [1.54, 1.807) is 12.1 Å². The number of thiazole rings is 1. The van der Waals surface area contributed by atoms with Gasteiger partial charge in [-0.3, -0.25) is 0 Å². The summed E-state index contributed by atoms with van der Waals surface area (Å²) >= 11 is 1.17. The van der Waals surface area contributed by atoms with E-state index in [1.165, 1.54) is 11.3 Å². The second kappa shape index (κ2) is 4.17. The predicted octanol–water partition coefficient (Wildman–Crippen LogP) is 0.775. The van der Waals surface area contributed by atoms with Crippen LogP contribution in [0.25, 0.3) is 10.2 Å². The van der Waals surface area contributed by atoms with Crippen LogP contribution >= 0.6 is 11.3 Å². The van der Waals surface area contributed by atoms with Gasteiger partial charge in [-0.25, -0.2) is 9.78 Å². The van der Waals surface area contributed by atoms with Crippen molar-refractivity contribution in [1.29, 1.82) is 0 Å². The first kappa shape index (κ1) is 11.0. The van der Waals surface area contributed by atoms with Gasteiger partial charge < -0.3 is 15.3 Å². The smallest absolute Gasteiger partial charge is 0.335 e. The summed E-state index contributed by atoms with van der Waals surface area (Å²) in [5.74, 6) is -1.47. The summed E-state index contributed by atoms with van der Waals surface area (Å²) in [5.41, 5.74) is 0.680. The van der Waals surface area contributed by atoms with Gasteiger partial charge in [0.25, 0.3) is 0 Å². The number of para-hydroxylation sites is 1. The number of aliphatic carboxylic acids is 1. The molecule has 0 unspecified atom stereocenters. The number of hydrogen-bond acceptors (Lipinski definition) is 5. The van der Waals surface area contributed by atoms with Crippen LogP contribution in [-0.4, -0.2) is 32.4 Å². The van der Waals surface area contributed by atoms with Crippen molar-refractivity contribution in [2.45, 2.75) is 12.2 Å². The van der Waals surface area contributed by atoms with Gasteiger partial charge in [0, 0.05) is 0 Å². The Morgan fingerprint density at radius 3 is 2.62 bits per heavy atom. The number of nitrogens with zero attached hydrogens (tertiary/aromatic N) is 1. The van der Waals surface area contributed by atoms with E-state index in [0.717, 1.165) is 4.70 Å². The number of aliphatic hydroxyl groups is 2. The van der Waals surface area contributed by atoms with E-state index in [9.17, 15) is 15.0 Å². The van der Waals surface area contributed by atoms with Gasteiger partial charge in [0.15, 0.2) is 6.10 Å². The van der Waals surface area contributed by atoms with Crippen LogP contribution in [0.5, 0.6) is 0 Å². The lowest BCUT2D eigenvalue weighted by Crippen LogP contribution is -2.27. The maximum atomic E-state index is 10.5. The topological polar surface area (TPSA) is 90.7 Å². The molecule has 1 aromatic carbocycles. The zero-order chi connectivity index (χ0) is 11.7. The number of fused-ring (bicyclic) bond motifs is 1. The van der Waals surface area contributed by atoms with Crippen molar-refractivity contribution in [3.8, 4) is 0 Å². The van der Waals surface area contributed by atoms with Crippen LogP contribution in [0.15, 0.2) is 24.3 Å². The molecule has 0 saturated heterocycles. The zero-order valence-electron chi connectivity index (χ0n) is 8.07. The molecule has 0 aliphatic carbocycles. The molecule has 2 rings (SSSR count). The molecular formula is C10H9NO4S. The minimum absolute atomic E-state index is 0.205. The fraction of sp³-hybridized carbons (Fsp3) is 0.200. The lowest BCUT2D eigenvalue weighted by atomic mass is 10.2. The molecule has 1 heterocycles. The number of carboxylic acid groups (broad SMARTS) is 1. The number of rotatable bonds is 3. The van der Waals surface area contributed by atoms with Crippen molar-refractivity contribution in [2.24, 2.45) is 0 Å². The first-order valence-corrected chi connectivity index (χ1v) is 5.35. The molecule has 0 bridgehead atoms. The van der Waals surface area contributed by atoms with Gasteiger partial charge in [0.05, 0.1) is 10.2 Å². The van der Waals surface area contributed by atoms with Crippen LogP contribution in [0.2, 0.25) is 0 Å². The Balaban J connectivity index is 2.36. The molecule has 0 radical (unpaired) electrons. The molecule has 0 fully saturated rings. The third-order valence-electron chi connectivity index (χ3n) is 2.12. The molecule has 16 heavy (non-hydrogen) atoms. The van der Waals surface area contributed by atoms with Crippen LogP contribution in [0.1, 0.15) is 11.1 Å². The molecule has 0 aliphatic rings. The summed E-state index contributed by atoms with van der Waals surface area (Å²) in [5, 5.41) is 27.5. The van der Waals surface area contributed by atoms with Crippen molar-refractivity contribution in [3.63, 3.8) is 0 Å². The van der Waals surface area contributed by atoms with E-state index >= 15 is 0 Å². The van der Waals surface area contributed by atoms with E-state index in [1.807, 2.05) is 12.1 Å². The maximum Gasteiger partial charge on any atom is 0.335 e. The van der Waals surface area contributed by atoms with Crippen molar-refractivity contribution in [2.75, 3.05) is 0 Å². The monoisotopic (exact) mass is 239 g/mol. The molecule has 5 nitrogen and oxygen atoms in total. The molecule has 1 aromatic heterocycles. The van der Waals surface area contributed by atoms with E-state index in [2.05, 4.69) is 4.98 Å². The second-order valence-electron chi connectivity index (χ2n) is 3.25. The number of carboxylic acids is 1. The van der Waals surface area contributed by atoms with Gasteiger partial charge in [-0.1, -0.05) is 12.1 Å². The summed E-state index contributed by atoms with van der Waals surface area (Å²) in [7, 11) is 0. The van der Waals surface area contributed by atoms with E-state index in [-0.39, 0.29) is 5.01 Å². The molecule has 0 saturated carbocycles. The molecule has 0 amide bonds. The van der Waals surface area contributed by atoms with Gasteiger partial charge >= 0.3 is 5.97 Å². The molecule has 2 aromatic rings. The summed E-state index contributed by atoms with van der Waals surface area (Å²) in [6.07, 6.45) is -3.34. The first-order valence-electron chi connectivity index (χ1n) is 4.54. The average Bonchev–Trinajstić information content (AvgIpc) is 2.70. The highest BCUT2D eigenvalue weighted by atomic mass is 32.1. The number of hydrogen-bond donors (Lipinski definition) is 3. The lowest BCUT2D eigenvalue weighted by molar-refractivity contribution is -0.153. The largest absolute Gasteiger partial charge is 0.479 e. The number of benzene rings is 1. The molecule has 3 N–H and O–H groups in total. The Morgan fingerprint density at radius 1 is 1.31 bits per heavy atom. The fourth-order valence-electron chi connectivity index (χ4n) is 1.29. The summed E-state index contributed by atoms with van der Waals surface area (Å²) < 4.78 is 0.842. The van der Waals surface area contributed by atoms with Gasteiger partial charge in [-0.05, 0) is 12.1 Å². The molecule has 6 heteroatoms. The third-order valence-corrected chi connectivity index (χ3v) is 3.22. The first-order chi connectivity index (χ1) is 7.59. The van der Waals surface area contributed by atoms with Crippen LogP contribution in [0.4, 0.5) is 0 Å². The maximum absolute atomic E-state index is 10.5. The third kappa shape index (κ3) is 1.90. The quantitative estimate of drug-likeness (QED) is 0.736. The van der Waals surface area contributed by atoms with Crippen molar-refractivity contribution < 1.29 is 20.1 Å². The molecule has 0 spiro atoms. The molecule has 0 aliphatic heterocycles. The highest BCUT2D eigenvalue weighted by molar-refractivity contribution is 7.18. The van der Waals surface area contributed by atoms with Gasteiger partial charge in [0.2, 0.25) is 0 Å². The lowest BCUT2D eigenvalue weighted by Gasteiger charge is -2.10. The highest BCUT2D eigenvalue weighted by Crippen LogP contribution is 2.27. The number of aromatic nitrogens is 1. The fourth-order valence-corrected chi connectivity index (χ4v) is 2.27. The number of carbonyl (C=O) groups is 1. The molecule has 84 valence electrons. The standard InChI is InChI=1S/C10H9NO4S/c12-7(8(13)10(14)15)9-11-5-3-1-2-4-6(5)16-9/h1-4,7-8,12-13H,(H,14,15)/t7-,8+/m1/s1. The van der Waals surface area contributed by atoms with E-state index < -0.39 is 18.2 Å². The zero-order valence-corrected chi connectivity index (χ0v) is 8.89. The minimum Gasteiger partial charge on any atom is -0.479 e. The van der Waals surface area contributed by atoms with Crippen LogP contribution in [0, 0.1) is 0 Å². The summed E-state index contributed by atoms with van der Waals surface area (Å²) in [4.78, 5) is 14.6. The normalized spacial score (nSPS) is 14.9. The van der Waals surface area contributed by atoms with Gasteiger partial charge in [-0.15, -0.1) is 11.3 Å². The highest BCUT2D eigenvalue weighted by Gasteiger charge is 2.27. The second-order valence-corrected chi connectivity index (χ2v) is 4.31. The van der Waals surface area contributed by atoms with Crippen molar-refractivity contribution in [1.82, 2.24) is 4.98 Å². The Morgan fingerprint density at radius 2 is 2.00 bits per heavy atom. The Labute approximate surface area is 94.6 Å². The van der Waals surface area contributed by atoms with Crippen molar-refractivity contribution >= 4 is 27.5 Å². The van der Waals surface area contributed by atoms with E-state index in [4.69, 9.17) is 5.11 Å². The number of aliphatic hydroxyl groups excluding tert-OH is 2. The Bertz CT molecular complexity index is 491. The average molecular weight is 239 g/mol. The molecule has 2 atom stereocenters. The van der Waals surface area contributed by atoms with Crippen LogP contribution < -0.4 is 0 Å². The van der Waals surface area contributed by atoms with Crippen LogP contribution in [0.3, 0.4) is 0 Å². The predicted molar refractivity (Wildman–Crippen MR) is 58.2 cm³/mol.